The van der Waals surface area contributed by atoms with Crippen LogP contribution in [0, 0.1) is 0 Å². The van der Waals surface area contributed by atoms with Gasteiger partial charge in [-0.1, -0.05) is 11.4 Å². The molecule has 1 aromatic heterocycles. The average molecular weight is 298 g/mol. The first-order valence-corrected chi connectivity index (χ1v) is 6.93. The van der Waals surface area contributed by atoms with Crippen LogP contribution in [0.15, 0.2) is 0 Å². The Labute approximate surface area is 119 Å². The standard InChI is InChI=1S/C11H14N4O4S/c1-3-7-8(20-14-13-7)10(17)19-6(2)9(16)15-5-4-12-11(15)18/h6H,3-5H2,1-2H3,(H,12,18)/t6-/m1/s1. The van der Waals surface area contributed by atoms with Crippen molar-refractivity contribution < 1.29 is 19.1 Å². The fourth-order valence-electron chi connectivity index (χ4n) is 1.76. The Kier molecular flexibility index (Phi) is 4.28. The van der Waals surface area contributed by atoms with Crippen LogP contribution >= 0.6 is 11.5 Å². The number of imide groups is 1. The van der Waals surface area contributed by atoms with Gasteiger partial charge in [0.15, 0.2) is 11.0 Å². The van der Waals surface area contributed by atoms with E-state index in [4.69, 9.17) is 4.74 Å². The molecule has 108 valence electrons. The fourth-order valence-corrected chi connectivity index (χ4v) is 2.40. The second-order valence-electron chi connectivity index (χ2n) is 4.17. The van der Waals surface area contributed by atoms with Gasteiger partial charge in [-0.25, -0.2) is 9.59 Å². The van der Waals surface area contributed by atoms with Gasteiger partial charge in [-0.3, -0.25) is 9.69 Å². The second-order valence-corrected chi connectivity index (χ2v) is 4.93. The molecule has 1 atom stereocenters. The molecule has 2 heterocycles. The number of rotatable bonds is 4. The number of nitrogens with zero attached hydrogens (tertiary/aromatic N) is 3. The predicted molar refractivity (Wildman–Crippen MR) is 69.3 cm³/mol. The molecule has 0 bridgehead atoms. The number of nitrogens with one attached hydrogen (secondary N) is 1. The van der Waals surface area contributed by atoms with Crippen LogP contribution in [0.2, 0.25) is 0 Å². The van der Waals surface area contributed by atoms with E-state index in [0.717, 1.165) is 16.4 Å². The molecule has 0 saturated carbocycles. The molecular weight excluding hydrogens is 284 g/mol. The van der Waals surface area contributed by atoms with Gasteiger partial charge in [0, 0.05) is 13.1 Å². The topological polar surface area (TPSA) is 101 Å². The Morgan fingerprint density at radius 3 is 2.90 bits per heavy atom. The number of urea groups is 1. The lowest BCUT2D eigenvalue weighted by molar-refractivity contribution is -0.136. The summed E-state index contributed by atoms with van der Waals surface area (Å²) in [5.41, 5.74) is 0.540. The zero-order valence-corrected chi connectivity index (χ0v) is 11.9. The third kappa shape index (κ3) is 2.77. The summed E-state index contributed by atoms with van der Waals surface area (Å²) in [5, 5.41) is 6.32. The Morgan fingerprint density at radius 1 is 1.55 bits per heavy atom. The van der Waals surface area contributed by atoms with Crippen molar-refractivity contribution in [2.45, 2.75) is 26.4 Å². The summed E-state index contributed by atoms with van der Waals surface area (Å²) >= 11 is 0.929. The van der Waals surface area contributed by atoms with Gasteiger partial charge in [0.05, 0.1) is 5.69 Å². The van der Waals surface area contributed by atoms with E-state index in [0.29, 0.717) is 18.7 Å². The molecule has 3 amide bonds. The summed E-state index contributed by atoms with van der Waals surface area (Å²) in [6.07, 6.45) is -0.476. The zero-order valence-electron chi connectivity index (χ0n) is 11.1. The van der Waals surface area contributed by atoms with Crippen LogP contribution in [0.25, 0.3) is 0 Å². The molecule has 8 nitrogen and oxygen atoms in total. The lowest BCUT2D eigenvalue weighted by Crippen LogP contribution is -2.41. The van der Waals surface area contributed by atoms with Crippen molar-refractivity contribution in [3.63, 3.8) is 0 Å². The summed E-state index contributed by atoms with van der Waals surface area (Å²) < 4.78 is 8.77. The SMILES string of the molecule is CCc1nnsc1C(=O)O[C@H](C)C(=O)N1CCNC1=O. The molecule has 0 aliphatic carbocycles. The maximum Gasteiger partial charge on any atom is 0.352 e. The predicted octanol–water partition coefficient (Wildman–Crippen LogP) is 0.198. The van der Waals surface area contributed by atoms with Gasteiger partial charge in [-0.2, -0.15) is 0 Å². The van der Waals surface area contributed by atoms with Crippen LogP contribution in [0.5, 0.6) is 0 Å². The molecule has 1 N–H and O–H groups in total. The van der Waals surface area contributed by atoms with E-state index in [2.05, 4.69) is 14.9 Å². The number of carbonyl (C=O) groups excluding carboxylic acids is 3. The molecule has 1 aliphatic heterocycles. The maximum absolute atomic E-state index is 12.0. The molecular formula is C11H14N4O4S. The number of carbonyl (C=O) groups is 3. The number of aryl methyl sites for hydroxylation is 1. The van der Waals surface area contributed by atoms with Crippen molar-refractivity contribution in [3.05, 3.63) is 10.6 Å². The monoisotopic (exact) mass is 298 g/mol. The molecule has 0 unspecified atom stereocenters. The third-order valence-electron chi connectivity index (χ3n) is 2.83. The highest BCUT2D eigenvalue weighted by atomic mass is 32.1. The number of hydrogen-bond donors (Lipinski definition) is 1. The van der Waals surface area contributed by atoms with Crippen LogP contribution in [-0.4, -0.2) is 51.6 Å². The number of aromatic nitrogens is 2. The van der Waals surface area contributed by atoms with Crippen LogP contribution in [0.4, 0.5) is 4.79 Å². The quantitative estimate of drug-likeness (QED) is 0.797. The lowest BCUT2D eigenvalue weighted by Gasteiger charge is -2.17. The largest absolute Gasteiger partial charge is 0.448 e. The first-order chi connectivity index (χ1) is 9.54. The van der Waals surface area contributed by atoms with E-state index in [1.807, 2.05) is 6.92 Å². The van der Waals surface area contributed by atoms with E-state index in [1.54, 1.807) is 0 Å². The molecule has 2 rings (SSSR count). The highest BCUT2D eigenvalue weighted by Crippen LogP contribution is 2.14. The van der Waals surface area contributed by atoms with Crippen molar-refractivity contribution in [1.82, 2.24) is 19.8 Å². The minimum absolute atomic E-state index is 0.280. The molecule has 0 aromatic carbocycles. The molecule has 9 heteroatoms. The van der Waals surface area contributed by atoms with Crippen molar-refractivity contribution in [1.29, 1.82) is 0 Å². The summed E-state index contributed by atoms with van der Waals surface area (Å²) in [7, 11) is 0. The minimum atomic E-state index is -1.03. The first kappa shape index (κ1) is 14.4. The summed E-state index contributed by atoms with van der Waals surface area (Å²) in [6.45, 7) is 3.97. The van der Waals surface area contributed by atoms with Crippen molar-refractivity contribution in [2.75, 3.05) is 13.1 Å². The van der Waals surface area contributed by atoms with Gasteiger partial charge in [0.2, 0.25) is 0 Å². The summed E-state index contributed by atoms with van der Waals surface area (Å²) in [6, 6.07) is -0.466. The Bertz CT molecular complexity index is 544. The number of hydrogen-bond acceptors (Lipinski definition) is 7. The van der Waals surface area contributed by atoms with Gasteiger partial charge in [0.1, 0.15) is 0 Å². The molecule has 1 saturated heterocycles. The van der Waals surface area contributed by atoms with Gasteiger partial charge in [-0.05, 0) is 24.9 Å². The molecule has 1 aliphatic rings. The normalized spacial score (nSPS) is 15.9. The van der Waals surface area contributed by atoms with Gasteiger partial charge >= 0.3 is 12.0 Å². The second kappa shape index (κ2) is 5.95. The smallest absolute Gasteiger partial charge is 0.352 e. The Balaban J connectivity index is 2.00. The van der Waals surface area contributed by atoms with Crippen LogP contribution in [-0.2, 0) is 16.0 Å². The highest BCUT2D eigenvalue weighted by molar-refractivity contribution is 7.07. The molecule has 1 fully saturated rings. The number of amides is 3. The van der Waals surface area contributed by atoms with E-state index in [9.17, 15) is 14.4 Å². The van der Waals surface area contributed by atoms with Gasteiger partial charge in [-0.15, -0.1) is 5.10 Å². The average Bonchev–Trinajstić information content (AvgIpc) is 3.05. The number of ether oxygens (including phenoxy) is 1. The van der Waals surface area contributed by atoms with E-state index >= 15 is 0 Å². The van der Waals surface area contributed by atoms with Crippen molar-refractivity contribution in [2.24, 2.45) is 0 Å². The third-order valence-corrected chi connectivity index (χ3v) is 3.58. The molecule has 20 heavy (non-hydrogen) atoms. The molecule has 0 radical (unpaired) electrons. The van der Waals surface area contributed by atoms with E-state index < -0.39 is 24.0 Å². The minimum Gasteiger partial charge on any atom is -0.448 e. The maximum atomic E-state index is 12.0. The van der Waals surface area contributed by atoms with Crippen molar-refractivity contribution >= 4 is 29.4 Å². The summed E-state index contributed by atoms with van der Waals surface area (Å²) in [4.78, 5) is 36.6. The van der Waals surface area contributed by atoms with Crippen LogP contribution in [0.3, 0.4) is 0 Å². The van der Waals surface area contributed by atoms with Crippen LogP contribution in [0.1, 0.15) is 29.2 Å². The summed E-state index contributed by atoms with van der Waals surface area (Å²) in [5.74, 6) is -1.18. The first-order valence-electron chi connectivity index (χ1n) is 6.16. The Hall–Kier alpha value is -2.03. The molecule has 1 aromatic rings. The molecule has 0 spiro atoms. The van der Waals surface area contributed by atoms with E-state index in [1.165, 1.54) is 6.92 Å². The van der Waals surface area contributed by atoms with Crippen molar-refractivity contribution in [3.8, 4) is 0 Å². The fraction of sp³-hybridized carbons (Fsp3) is 0.545. The van der Waals surface area contributed by atoms with Gasteiger partial charge < -0.3 is 10.1 Å². The van der Waals surface area contributed by atoms with Crippen LogP contribution < -0.4 is 5.32 Å². The van der Waals surface area contributed by atoms with E-state index in [-0.39, 0.29) is 11.4 Å². The number of esters is 1. The van der Waals surface area contributed by atoms with Gasteiger partial charge in [0.25, 0.3) is 5.91 Å². The lowest BCUT2D eigenvalue weighted by atomic mass is 10.3. The zero-order chi connectivity index (χ0) is 14.7. The Morgan fingerprint density at radius 2 is 2.30 bits per heavy atom. The highest BCUT2D eigenvalue weighted by Gasteiger charge is 2.32.